The summed E-state index contributed by atoms with van der Waals surface area (Å²) in [5, 5.41) is 0.341. The maximum Gasteiger partial charge on any atom is 0.293 e. The zero-order valence-corrected chi connectivity index (χ0v) is 19.0. The number of hydrogen-bond acceptors (Lipinski definition) is 4. The Kier molecular flexibility index (Phi) is 5.94. The Morgan fingerprint density at radius 1 is 1.06 bits per heavy atom. The van der Waals surface area contributed by atoms with Crippen LogP contribution in [0.15, 0.2) is 59.5 Å². The first-order valence-corrected chi connectivity index (χ1v) is 10.9. The van der Waals surface area contributed by atoms with Gasteiger partial charge in [0.1, 0.15) is 5.75 Å². The summed E-state index contributed by atoms with van der Waals surface area (Å²) in [6, 6.07) is 16.9. The van der Waals surface area contributed by atoms with Gasteiger partial charge in [-0.1, -0.05) is 35.9 Å². The highest BCUT2D eigenvalue weighted by Gasteiger charge is 2.35. The van der Waals surface area contributed by atoms with Crippen LogP contribution in [-0.4, -0.2) is 27.7 Å². The van der Waals surface area contributed by atoms with Crippen molar-refractivity contribution in [2.24, 2.45) is 0 Å². The third-order valence-electron chi connectivity index (χ3n) is 5.21. The number of methoxy groups -OCH3 is 1. The molecule has 1 fully saturated rings. The van der Waals surface area contributed by atoms with Crippen LogP contribution in [0.25, 0.3) is 11.8 Å². The van der Waals surface area contributed by atoms with Crippen molar-refractivity contribution in [3.63, 3.8) is 0 Å². The SMILES string of the molecule is COc1ccccc1-n1c(C)cc(/C=C2\SC(=O)N(Cc3ccc(Cl)cc3)C2=O)c1C. The van der Waals surface area contributed by atoms with Crippen molar-refractivity contribution in [1.29, 1.82) is 0 Å². The number of hydrogen-bond donors (Lipinski definition) is 0. The molecule has 4 rings (SSSR count). The highest BCUT2D eigenvalue weighted by molar-refractivity contribution is 8.18. The summed E-state index contributed by atoms with van der Waals surface area (Å²) in [4.78, 5) is 27.1. The minimum Gasteiger partial charge on any atom is -0.495 e. The van der Waals surface area contributed by atoms with Gasteiger partial charge in [0.25, 0.3) is 11.1 Å². The Bertz CT molecular complexity index is 1200. The molecule has 2 aromatic carbocycles. The van der Waals surface area contributed by atoms with Gasteiger partial charge < -0.3 is 9.30 Å². The molecule has 0 N–H and O–H groups in total. The molecule has 2 amide bonds. The molecule has 0 bridgehead atoms. The zero-order valence-electron chi connectivity index (χ0n) is 17.4. The van der Waals surface area contributed by atoms with Gasteiger partial charge in [-0.05, 0) is 73.1 Å². The van der Waals surface area contributed by atoms with Crippen LogP contribution in [0.3, 0.4) is 0 Å². The van der Waals surface area contributed by atoms with Gasteiger partial charge in [0.2, 0.25) is 0 Å². The Morgan fingerprint density at radius 2 is 1.77 bits per heavy atom. The Hall–Kier alpha value is -2.96. The second kappa shape index (κ2) is 8.65. The van der Waals surface area contributed by atoms with E-state index in [-0.39, 0.29) is 17.7 Å². The molecule has 0 aliphatic carbocycles. The Labute approximate surface area is 190 Å². The standard InChI is InChI=1S/C24H21ClN2O3S/c1-15-12-18(16(2)27(15)20-6-4-5-7-21(20)30-3)13-22-23(28)26(24(29)31-22)14-17-8-10-19(25)11-9-17/h4-13H,14H2,1-3H3/b22-13-. The number of ether oxygens (including phenoxy) is 1. The predicted octanol–water partition coefficient (Wildman–Crippen LogP) is 5.99. The zero-order chi connectivity index (χ0) is 22.1. The number of thioether (sulfide) groups is 1. The lowest BCUT2D eigenvalue weighted by Crippen LogP contribution is -2.27. The lowest BCUT2D eigenvalue weighted by atomic mass is 10.2. The van der Waals surface area contributed by atoms with E-state index in [0.29, 0.717) is 9.93 Å². The van der Waals surface area contributed by atoms with Crippen LogP contribution in [0.5, 0.6) is 5.75 Å². The first kappa shape index (κ1) is 21.3. The van der Waals surface area contributed by atoms with Crippen molar-refractivity contribution in [3.05, 3.63) is 87.0 Å². The van der Waals surface area contributed by atoms with E-state index in [0.717, 1.165) is 45.7 Å². The van der Waals surface area contributed by atoms with Gasteiger partial charge >= 0.3 is 0 Å². The molecule has 158 valence electrons. The molecule has 1 saturated heterocycles. The number of halogens is 1. The quantitative estimate of drug-likeness (QED) is 0.446. The van der Waals surface area contributed by atoms with Crippen LogP contribution in [-0.2, 0) is 11.3 Å². The second-order valence-electron chi connectivity index (χ2n) is 7.23. The molecule has 5 nitrogen and oxygen atoms in total. The van der Waals surface area contributed by atoms with Crippen LogP contribution in [0.2, 0.25) is 5.02 Å². The Morgan fingerprint density at radius 3 is 2.48 bits per heavy atom. The predicted molar refractivity (Wildman–Crippen MR) is 125 cm³/mol. The lowest BCUT2D eigenvalue weighted by Gasteiger charge is -2.13. The number of carbonyl (C=O) groups is 2. The molecule has 0 atom stereocenters. The number of benzene rings is 2. The molecule has 1 aliphatic heterocycles. The summed E-state index contributed by atoms with van der Waals surface area (Å²) < 4.78 is 7.59. The van der Waals surface area contributed by atoms with E-state index >= 15 is 0 Å². The van der Waals surface area contributed by atoms with Crippen LogP contribution < -0.4 is 4.74 Å². The van der Waals surface area contributed by atoms with Gasteiger partial charge in [-0.3, -0.25) is 14.5 Å². The smallest absolute Gasteiger partial charge is 0.293 e. The summed E-state index contributed by atoms with van der Waals surface area (Å²) in [5.74, 6) is 0.478. The molecule has 3 aromatic rings. The number of carbonyl (C=O) groups excluding carboxylic acids is 2. The van der Waals surface area contributed by atoms with E-state index in [1.54, 1.807) is 25.3 Å². The van der Waals surface area contributed by atoms with Gasteiger partial charge in [0.15, 0.2) is 0 Å². The molecular formula is C24H21ClN2O3S. The van der Waals surface area contributed by atoms with Crippen LogP contribution in [0.4, 0.5) is 4.79 Å². The number of rotatable bonds is 5. The first-order valence-electron chi connectivity index (χ1n) is 9.71. The molecular weight excluding hydrogens is 432 g/mol. The number of aryl methyl sites for hydroxylation is 1. The third kappa shape index (κ3) is 4.13. The molecule has 1 aliphatic rings. The van der Waals surface area contributed by atoms with Crippen LogP contribution in [0.1, 0.15) is 22.5 Å². The fourth-order valence-electron chi connectivity index (χ4n) is 3.67. The first-order chi connectivity index (χ1) is 14.9. The maximum absolute atomic E-state index is 12.9. The number of amides is 2. The third-order valence-corrected chi connectivity index (χ3v) is 6.37. The van der Waals surface area contributed by atoms with Crippen molar-refractivity contribution in [1.82, 2.24) is 9.47 Å². The molecule has 2 heterocycles. The van der Waals surface area contributed by atoms with E-state index in [9.17, 15) is 9.59 Å². The summed E-state index contributed by atoms with van der Waals surface area (Å²) >= 11 is 6.89. The molecule has 0 unspecified atom stereocenters. The second-order valence-corrected chi connectivity index (χ2v) is 8.66. The summed E-state index contributed by atoms with van der Waals surface area (Å²) in [6.07, 6.45) is 1.79. The average Bonchev–Trinajstić information content (AvgIpc) is 3.18. The minimum atomic E-state index is -0.285. The van der Waals surface area contributed by atoms with E-state index < -0.39 is 0 Å². The number of para-hydroxylation sites is 2. The minimum absolute atomic E-state index is 0.222. The lowest BCUT2D eigenvalue weighted by molar-refractivity contribution is -0.123. The fraction of sp³-hybridized carbons (Fsp3) is 0.167. The van der Waals surface area contributed by atoms with Crippen molar-refractivity contribution in [2.45, 2.75) is 20.4 Å². The van der Waals surface area contributed by atoms with E-state index in [4.69, 9.17) is 16.3 Å². The van der Waals surface area contributed by atoms with Crippen LogP contribution in [0, 0.1) is 13.8 Å². The molecule has 0 saturated carbocycles. The van der Waals surface area contributed by atoms with E-state index in [1.807, 2.05) is 56.3 Å². The molecule has 0 spiro atoms. The topological polar surface area (TPSA) is 51.5 Å². The molecule has 0 radical (unpaired) electrons. The van der Waals surface area contributed by atoms with E-state index in [2.05, 4.69) is 4.57 Å². The molecule has 31 heavy (non-hydrogen) atoms. The maximum atomic E-state index is 12.9. The molecule has 7 heteroatoms. The van der Waals surface area contributed by atoms with Gasteiger partial charge in [0, 0.05) is 16.4 Å². The monoisotopic (exact) mass is 452 g/mol. The van der Waals surface area contributed by atoms with Crippen LogP contribution >= 0.6 is 23.4 Å². The van der Waals surface area contributed by atoms with Crippen molar-refractivity contribution >= 4 is 40.6 Å². The van der Waals surface area contributed by atoms with Gasteiger partial charge in [-0.15, -0.1) is 0 Å². The largest absolute Gasteiger partial charge is 0.495 e. The summed E-state index contributed by atoms with van der Waals surface area (Å²) in [6.45, 7) is 4.21. The summed E-state index contributed by atoms with van der Waals surface area (Å²) in [7, 11) is 1.64. The van der Waals surface area contributed by atoms with Crippen molar-refractivity contribution in [2.75, 3.05) is 7.11 Å². The summed E-state index contributed by atoms with van der Waals surface area (Å²) in [5.41, 5.74) is 4.64. The highest BCUT2D eigenvalue weighted by Crippen LogP contribution is 2.35. The Balaban J connectivity index is 1.64. The molecule has 1 aromatic heterocycles. The van der Waals surface area contributed by atoms with Gasteiger partial charge in [-0.2, -0.15) is 0 Å². The highest BCUT2D eigenvalue weighted by atomic mass is 35.5. The number of nitrogens with zero attached hydrogens (tertiary/aromatic N) is 2. The van der Waals surface area contributed by atoms with Crippen molar-refractivity contribution in [3.8, 4) is 11.4 Å². The van der Waals surface area contributed by atoms with Crippen molar-refractivity contribution < 1.29 is 14.3 Å². The average molecular weight is 453 g/mol. The van der Waals surface area contributed by atoms with Gasteiger partial charge in [-0.25, -0.2) is 0 Å². The fourth-order valence-corrected chi connectivity index (χ4v) is 4.62. The van der Waals surface area contributed by atoms with E-state index in [1.165, 1.54) is 4.90 Å². The number of aromatic nitrogens is 1. The van der Waals surface area contributed by atoms with Gasteiger partial charge in [0.05, 0.1) is 24.2 Å². The normalized spacial score (nSPS) is 15.2. The number of imide groups is 1.